The highest BCUT2D eigenvalue weighted by Gasteiger charge is 2.41. The summed E-state index contributed by atoms with van der Waals surface area (Å²) in [5.41, 5.74) is 0.484. The molecule has 0 spiro atoms. The van der Waals surface area contributed by atoms with Gasteiger partial charge in [-0.05, 0) is 0 Å². The van der Waals surface area contributed by atoms with Crippen LogP contribution >= 0.6 is 0 Å². The minimum absolute atomic E-state index is 0.0851. The number of morpholine rings is 1. The second-order valence-corrected chi connectivity index (χ2v) is 5.84. The highest BCUT2D eigenvalue weighted by atomic mass is 16.5. The molecule has 0 N–H and O–H groups in total. The molecule has 4 rings (SSSR count). The Kier molecular flexibility index (Phi) is 3.62. The summed E-state index contributed by atoms with van der Waals surface area (Å²) >= 11 is 0. The molecule has 1 fully saturated rings. The van der Waals surface area contributed by atoms with Gasteiger partial charge in [-0.25, -0.2) is 0 Å². The minimum atomic E-state index is -0.451. The van der Waals surface area contributed by atoms with Crippen molar-refractivity contribution >= 4 is 11.6 Å². The van der Waals surface area contributed by atoms with Crippen LogP contribution in [0.3, 0.4) is 0 Å². The maximum atomic E-state index is 12.7. The number of ether oxygens (including phenoxy) is 1. The van der Waals surface area contributed by atoms with Crippen molar-refractivity contribution < 1.29 is 19.2 Å². The fraction of sp³-hybridized carbons (Fsp3) is 0.375. The summed E-state index contributed by atoms with van der Waals surface area (Å²) in [6.07, 6.45) is 0. The fourth-order valence-corrected chi connectivity index (χ4v) is 3.17. The second kappa shape index (κ2) is 5.81. The number of rotatable bonds is 3. The molecule has 2 aliphatic rings. The Morgan fingerprint density at radius 3 is 2.46 bits per heavy atom. The third-order valence-electron chi connectivity index (χ3n) is 4.44. The maximum Gasteiger partial charge on any atom is 0.254 e. The molecule has 1 aromatic carbocycles. The van der Waals surface area contributed by atoms with Crippen LogP contribution in [0, 0.1) is 5.21 Å². The molecule has 0 saturated carbocycles. The van der Waals surface area contributed by atoms with E-state index in [2.05, 4.69) is 10.1 Å². The van der Waals surface area contributed by atoms with E-state index in [0.29, 0.717) is 31.9 Å². The number of carbonyl (C=O) groups is 2. The number of fused-ring (bicyclic) bond motifs is 2. The monoisotopic (exact) mass is 328 g/mol. The molecule has 1 aromatic heterocycles. The number of nitrogens with zero attached hydrogens (tertiary/aromatic N) is 4. The topological polar surface area (TPSA) is 91.4 Å². The summed E-state index contributed by atoms with van der Waals surface area (Å²) in [5, 5.41) is 15.9. The van der Waals surface area contributed by atoms with Crippen LogP contribution in [-0.4, -0.2) is 59.2 Å². The van der Waals surface area contributed by atoms with Gasteiger partial charge < -0.3 is 9.94 Å². The highest BCUT2D eigenvalue weighted by Crippen LogP contribution is 2.24. The largest absolute Gasteiger partial charge is 0.691 e. The van der Waals surface area contributed by atoms with E-state index in [0.717, 1.165) is 13.1 Å². The van der Waals surface area contributed by atoms with Crippen LogP contribution in [0.5, 0.6) is 0 Å². The lowest BCUT2D eigenvalue weighted by Gasteiger charge is -2.25. The van der Waals surface area contributed by atoms with Crippen molar-refractivity contribution in [2.24, 2.45) is 0 Å². The molecule has 1 saturated heterocycles. The molecule has 0 atom stereocenters. The highest BCUT2D eigenvalue weighted by molar-refractivity contribution is 6.26. The van der Waals surface area contributed by atoms with Gasteiger partial charge in [0.15, 0.2) is 0 Å². The average Bonchev–Trinajstić information content (AvgIpc) is 2.95. The number of benzene rings is 1. The summed E-state index contributed by atoms with van der Waals surface area (Å²) in [4.78, 5) is 27.7. The summed E-state index contributed by atoms with van der Waals surface area (Å²) < 4.78 is 6.65. The van der Waals surface area contributed by atoms with Crippen LogP contribution < -0.4 is 4.85 Å². The molecule has 124 valence electrons. The van der Waals surface area contributed by atoms with Crippen LogP contribution in [-0.2, 0) is 11.3 Å². The van der Waals surface area contributed by atoms with Crippen molar-refractivity contribution in [1.82, 2.24) is 14.8 Å². The molecule has 1 aliphatic heterocycles. The van der Waals surface area contributed by atoms with Gasteiger partial charge in [0.1, 0.15) is 6.54 Å². The molecular formula is C16H16N4O4. The van der Waals surface area contributed by atoms with E-state index in [4.69, 9.17) is 4.74 Å². The van der Waals surface area contributed by atoms with E-state index in [1.807, 2.05) is 0 Å². The van der Waals surface area contributed by atoms with Gasteiger partial charge in [-0.15, -0.1) is 9.53 Å². The molecule has 2 heterocycles. The van der Waals surface area contributed by atoms with Crippen molar-refractivity contribution in [3.8, 4) is 0 Å². The summed E-state index contributed by atoms with van der Waals surface area (Å²) in [6.45, 7) is 3.96. The zero-order chi connectivity index (χ0) is 16.7. The van der Waals surface area contributed by atoms with Crippen LogP contribution in [0.1, 0.15) is 32.1 Å². The van der Waals surface area contributed by atoms with Gasteiger partial charge in [0.05, 0.1) is 18.4 Å². The Bertz CT molecular complexity index is 823. The predicted molar refractivity (Wildman–Crippen MR) is 81.8 cm³/mol. The van der Waals surface area contributed by atoms with Crippen molar-refractivity contribution in [1.29, 1.82) is 0 Å². The summed E-state index contributed by atoms with van der Waals surface area (Å²) in [7, 11) is 0. The first-order chi connectivity index (χ1) is 11.7. The SMILES string of the molecule is O=C1c2ccccc2C(=O)c2c1n(CCN1CCOCC1)n[n+]2[O-]. The van der Waals surface area contributed by atoms with Crippen LogP contribution in [0.2, 0.25) is 0 Å². The lowest BCUT2D eigenvalue weighted by molar-refractivity contribution is -0.672. The Labute approximate surface area is 137 Å². The van der Waals surface area contributed by atoms with E-state index in [1.165, 1.54) is 4.68 Å². The first-order valence-corrected chi connectivity index (χ1v) is 7.86. The van der Waals surface area contributed by atoms with E-state index in [1.54, 1.807) is 24.3 Å². The lowest BCUT2D eigenvalue weighted by Crippen LogP contribution is -2.39. The van der Waals surface area contributed by atoms with Gasteiger partial charge >= 0.3 is 0 Å². The molecule has 0 radical (unpaired) electrons. The third-order valence-corrected chi connectivity index (χ3v) is 4.44. The second-order valence-electron chi connectivity index (χ2n) is 5.84. The zero-order valence-electron chi connectivity index (χ0n) is 13.0. The molecule has 8 heteroatoms. The van der Waals surface area contributed by atoms with Gasteiger partial charge in [-0.2, -0.15) is 0 Å². The number of hydrogen-bond acceptors (Lipinski definition) is 6. The molecule has 2 aromatic rings. The first kappa shape index (κ1) is 15.0. The Balaban J connectivity index is 1.67. The van der Waals surface area contributed by atoms with E-state index in [9.17, 15) is 14.8 Å². The minimum Gasteiger partial charge on any atom is -0.691 e. The Morgan fingerprint density at radius 2 is 1.75 bits per heavy atom. The quantitative estimate of drug-likeness (QED) is 0.481. The first-order valence-electron chi connectivity index (χ1n) is 7.86. The van der Waals surface area contributed by atoms with Gasteiger partial charge in [0, 0.05) is 30.8 Å². The smallest absolute Gasteiger partial charge is 0.254 e. The van der Waals surface area contributed by atoms with Crippen LogP contribution in [0.4, 0.5) is 0 Å². The number of carbonyl (C=O) groups excluding carboxylic acids is 2. The molecule has 0 amide bonds. The van der Waals surface area contributed by atoms with Gasteiger partial charge in [0.25, 0.3) is 11.4 Å². The zero-order valence-corrected chi connectivity index (χ0v) is 13.0. The maximum absolute atomic E-state index is 12.7. The molecule has 24 heavy (non-hydrogen) atoms. The van der Waals surface area contributed by atoms with Crippen molar-refractivity contribution in [3.05, 3.63) is 52.0 Å². The Morgan fingerprint density at radius 1 is 1.08 bits per heavy atom. The molecule has 1 aliphatic carbocycles. The fourth-order valence-electron chi connectivity index (χ4n) is 3.17. The third kappa shape index (κ3) is 2.31. The number of ketones is 2. The normalized spacial score (nSPS) is 17.7. The van der Waals surface area contributed by atoms with E-state index in [-0.39, 0.29) is 27.6 Å². The average molecular weight is 328 g/mol. The van der Waals surface area contributed by atoms with Crippen LogP contribution in [0.15, 0.2) is 24.3 Å². The van der Waals surface area contributed by atoms with Crippen molar-refractivity contribution in [3.63, 3.8) is 0 Å². The van der Waals surface area contributed by atoms with Crippen molar-refractivity contribution in [2.75, 3.05) is 32.8 Å². The molecule has 8 nitrogen and oxygen atoms in total. The number of hydrogen-bond donors (Lipinski definition) is 0. The Hall–Kier alpha value is -2.58. The van der Waals surface area contributed by atoms with Crippen molar-refractivity contribution in [2.45, 2.75) is 6.54 Å². The predicted octanol–water partition coefficient (Wildman–Crippen LogP) is -0.376. The van der Waals surface area contributed by atoms with E-state index < -0.39 is 5.78 Å². The summed E-state index contributed by atoms with van der Waals surface area (Å²) in [5.74, 6) is -0.780. The lowest BCUT2D eigenvalue weighted by atomic mass is 9.90. The number of aromatic nitrogens is 3. The van der Waals surface area contributed by atoms with Crippen LogP contribution in [0.25, 0.3) is 0 Å². The van der Waals surface area contributed by atoms with Gasteiger partial charge in [-0.1, -0.05) is 24.3 Å². The summed E-state index contributed by atoms with van der Waals surface area (Å²) in [6, 6.07) is 6.54. The van der Waals surface area contributed by atoms with Gasteiger partial charge in [0.2, 0.25) is 11.6 Å². The van der Waals surface area contributed by atoms with Gasteiger partial charge in [-0.3, -0.25) is 14.5 Å². The van der Waals surface area contributed by atoms with E-state index >= 15 is 0 Å². The molecule has 0 unspecified atom stereocenters. The standard InChI is InChI=1S/C16H16N4O4/c21-15-11-3-1-2-4-12(11)16(22)14-13(15)19(17-20(14)23)6-5-18-7-9-24-10-8-18/h1-4H,5-10H2. The molecule has 0 bridgehead atoms. The molecular weight excluding hydrogens is 312 g/mol.